The summed E-state index contributed by atoms with van der Waals surface area (Å²) in [5.41, 5.74) is 2.27. The number of aliphatic hydroxyl groups is 1. The predicted molar refractivity (Wildman–Crippen MR) is 155 cm³/mol. The highest BCUT2D eigenvalue weighted by molar-refractivity contribution is 5.98. The van der Waals surface area contributed by atoms with Crippen LogP contribution >= 0.6 is 0 Å². The van der Waals surface area contributed by atoms with Gasteiger partial charge in [-0.05, 0) is 49.4 Å². The first-order valence-electron chi connectivity index (χ1n) is 13.5. The quantitative estimate of drug-likeness (QED) is 0.332. The zero-order valence-electron chi connectivity index (χ0n) is 23.5. The van der Waals surface area contributed by atoms with Gasteiger partial charge in [0.15, 0.2) is 0 Å². The van der Waals surface area contributed by atoms with E-state index in [2.05, 4.69) is 10.3 Å². The van der Waals surface area contributed by atoms with E-state index in [1.54, 1.807) is 62.5 Å². The van der Waals surface area contributed by atoms with Crippen molar-refractivity contribution in [1.82, 2.24) is 14.8 Å². The first-order chi connectivity index (χ1) is 19.8. The molecule has 4 aromatic rings. The number of aliphatic hydroxyl groups excluding tert-OH is 1. The lowest BCUT2D eigenvalue weighted by atomic mass is 9.99. The van der Waals surface area contributed by atoms with Crippen LogP contribution in [0.15, 0.2) is 71.3 Å². The Bertz CT molecular complexity index is 1500. The van der Waals surface area contributed by atoms with Gasteiger partial charge in [0.05, 0.1) is 26.3 Å². The topological polar surface area (TPSA) is 117 Å². The van der Waals surface area contributed by atoms with Crippen LogP contribution in [0.5, 0.6) is 11.6 Å². The van der Waals surface area contributed by atoms with Crippen molar-refractivity contribution in [3.8, 4) is 23.0 Å². The predicted octanol–water partition coefficient (Wildman–Crippen LogP) is 4.89. The molecule has 0 saturated heterocycles. The van der Waals surface area contributed by atoms with Crippen LogP contribution in [0.1, 0.15) is 24.2 Å². The molecule has 2 aromatic heterocycles. The Labute approximate surface area is 238 Å². The first kappa shape index (κ1) is 28.0. The van der Waals surface area contributed by atoms with Crippen molar-refractivity contribution in [1.29, 1.82) is 0 Å². The number of urea groups is 1. The van der Waals surface area contributed by atoms with Crippen LogP contribution in [-0.2, 0) is 0 Å². The maximum absolute atomic E-state index is 13.8. The number of carbonyl (C=O) groups is 2. The van der Waals surface area contributed by atoms with Gasteiger partial charge in [0, 0.05) is 42.3 Å². The van der Waals surface area contributed by atoms with Crippen molar-refractivity contribution < 1.29 is 28.6 Å². The summed E-state index contributed by atoms with van der Waals surface area (Å²) in [7, 11) is 3.27. The highest BCUT2D eigenvalue weighted by Gasteiger charge is 2.35. The Morgan fingerprint density at radius 1 is 1.22 bits per heavy atom. The fourth-order valence-corrected chi connectivity index (χ4v) is 4.83. The van der Waals surface area contributed by atoms with Crippen molar-refractivity contribution in [3.05, 3.63) is 72.4 Å². The van der Waals surface area contributed by atoms with Crippen LogP contribution in [0.25, 0.3) is 22.3 Å². The van der Waals surface area contributed by atoms with Gasteiger partial charge in [-0.3, -0.25) is 4.79 Å². The molecule has 2 aromatic carbocycles. The van der Waals surface area contributed by atoms with Gasteiger partial charge in [0.2, 0.25) is 5.88 Å². The summed E-state index contributed by atoms with van der Waals surface area (Å²) >= 11 is 0. The Morgan fingerprint density at radius 3 is 2.68 bits per heavy atom. The van der Waals surface area contributed by atoms with Gasteiger partial charge in [0.25, 0.3) is 5.91 Å². The molecular weight excluding hydrogens is 524 g/mol. The summed E-state index contributed by atoms with van der Waals surface area (Å²) < 4.78 is 17.5. The molecule has 0 aliphatic carbocycles. The number of furan rings is 1. The molecule has 0 fully saturated rings. The average molecular weight is 559 g/mol. The van der Waals surface area contributed by atoms with E-state index in [-0.39, 0.29) is 42.5 Å². The lowest BCUT2D eigenvalue weighted by molar-refractivity contribution is 0.0356. The summed E-state index contributed by atoms with van der Waals surface area (Å²) in [5.74, 6) is 0.986. The van der Waals surface area contributed by atoms with Gasteiger partial charge in [-0.2, -0.15) is 0 Å². The van der Waals surface area contributed by atoms with Crippen LogP contribution in [-0.4, -0.2) is 77.8 Å². The van der Waals surface area contributed by atoms with Crippen LogP contribution < -0.4 is 14.8 Å². The highest BCUT2D eigenvalue weighted by atomic mass is 16.5. The third-order valence-corrected chi connectivity index (χ3v) is 7.37. The molecule has 0 bridgehead atoms. The Morgan fingerprint density at radius 2 is 1.98 bits per heavy atom. The van der Waals surface area contributed by atoms with E-state index < -0.39 is 12.1 Å². The van der Waals surface area contributed by atoms with Gasteiger partial charge in [0.1, 0.15) is 28.8 Å². The monoisotopic (exact) mass is 558 g/mol. The lowest BCUT2D eigenvalue weighted by Gasteiger charge is -2.37. The number of amides is 3. The number of carbonyl (C=O) groups excluding carboxylic acids is 2. The molecule has 10 heteroatoms. The molecule has 0 spiro atoms. The van der Waals surface area contributed by atoms with Crippen molar-refractivity contribution >= 4 is 28.6 Å². The number of pyridine rings is 1. The van der Waals surface area contributed by atoms with Crippen LogP contribution in [0.4, 0.5) is 10.5 Å². The molecule has 41 heavy (non-hydrogen) atoms. The number of fused-ring (bicyclic) bond motifs is 2. The Kier molecular flexibility index (Phi) is 8.11. The number of anilines is 1. The molecule has 2 N–H and O–H groups in total. The Balaban J connectivity index is 1.42. The molecule has 0 saturated carbocycles. The molecular formula is C31H34N4O6. The number of hydrogen-bond donors (Lipinski definition) is 2. The SMILES string of the molecule is COc1ccc(NC(=O)N(C)C[C@@H]2Oc3ncc(-c4cc5ccccc5o4)cc3C(=O)N([C@H](C)CO)C[C@@H]2C)cc1. The number of methoxy groups -OCH3 is 1. The third kappa shape index (κ3) is 5.97. The van der Waals surface area contributed by atoms with Gasteiger partial charge in [-0.15, -0.1) is 0 Å². The molecule has 10 nitrogen and oxygen atoms in total. The molecule has 0 unspecified atom stereocenters. The van der Waals surface area contributed by atoms with Crippen LogP contribution in [0.2, 0.25) is 0 Å². The zero-order valence-corrected chi connectivity index (χ0v) is 23.5. The van der Waals surface area contributed by atoms with E-state index in [0.29, 0.717) is 29.3 Å². The summed E-state index contributed by atoms with van der Waals surface area (Å²) in [6.45, 7) is 4.13. The van der Waals surface area contributed by atoms with E-state index in [1.165, 1.54) is 4.90 Å². The van der Waals surface area contributed by atoms with Crippen LogP contribution in [0.3, 0.4) is 0 Å². The number of nitrogens with zero attached hydrogens (tertiary/aromatic N) is 3. The second-order valence-corrected chi connectivity index (χ2v) is 10.4. The number of ether oxygens (including phenoxy) is 2. The fraction of sp³-hybridized carbons (Fsp3) is 0.323. The zero-order chi connectivity index (χ0) is 29.1. The van der Waals surface area contributed by atoms with Crippen molar-refractivity contribution in [3.63, 3.8) is 0 Å². The highest BCUT2D eigenvalue weighted by Crippen LogP contribution is 2.33. The maximum atomic E-state index is 13.8. The van der Waals surface area contributed by atoms with Crippen LogP contribution in [0, 0.1) is 5.92 Å². The number of hydrogen-bond acceptors (Lipinski definition) is 7. The molecule has 3 amide bonds. The minimum Gasteiger partial charge on any atom is -0.497 e. The van der Waals surface area contributed by atoms with E-state index in [0.717, 1.165) is 11.0 Å². The van der Waals surface area contributed by atoms with E-state index in [4.69, 9.17) is 13.9 Å². The third-order valence-electron chi connectivity index (χ3n) is 7.37. The normalized spacial score (nSPS) is 17.7. The molecule has 1 aliphatic rings. The number of benzene rings is 2. The van der Waals surface area contributed by atoms with Gasteiger partial charge < -0.3 is 34.1 Å². The molecule has 0 radical (unpaired) electrons. The molecule has 3 atom stereocenters. The van der Waals surface area contributed by atoms with E-state index in [9.17, 15) is 14.7 Å². The number of para-hydroxylation sites is 1. The number of rotatable bonds is 7. The number of nitrogens with one attached hydrogen (secondary N) is 1. The van der Waals surface area contributed by atoms with Gasteiger partial charge in [-0.25, -0.2) is 9.78 Å². The molecule has 1 aliphatic heterocycles. The molecule has 5 rings (SSSR count). The summed E-state index contributed by atoms with van der Waals surface area (Å²) in [6, 6.07) is 17.6. The minimum atomic E-state index is -0.480. The smallest absolute Gasteiger partial charge is 0.321 e. The standard InChI is InChI=1S/C31H34N4O6/c1-19-16-35(20(2)18-36)30(37)25-13-22(27-14-21-7-5-6-8-26(21)40-27)15-32-29(25)41-28(19)17-34(3)31(38)33-23-9-11-24(39-4)12-10-23/h5-15,19-20,28,36H,16-18H2,1-4H3,(H,33,38)/t19-,20+,28-/m0/s1. The largest absolute Gasteiger partial charge is 0.497 e. The fourth-order valence-electron chi connectivity index (χ4n) is 4.83. The minimum absolute atomic E-state index is 0.172. The average Bonchev–Trinajstić information content (AvgIpc) is 3.43. The second kappa shape index (κ2) is 11.9. The van der Waals surface area contributed by atoms with Crippen molar-refractivity contribution in [2.24, 2.45) is 5.92 Å². The van der Waals surface area contributed by atoms with Gasteiger partial charge in [-0.1, -0.05) is 25.1 Å². The summed E-state index contributed by atoms with van der Waals surface area (Å²) in [6.07, 6.45) is 1.14. The number of likely N-dealkylation sites (N-methyl/N-ethyl adjacent to an activating group) is 1. The molecule has 3 heterocycles. The van der Waals surface area contributed by atoms with Crippen molar-refractivity contribution in [2.45, 2.75) is 26.0 Å². The first-order valence-corrected chi connectivity index (χ1v) is 13.5. The summed E-state index contributed by atoms with van der Waals surface area (Å²) in [4.78, 5) is 34.5. The molecule has 214 valence electrons. The van der Waals surface area contributed by atoms with E-state index >= 15 is 0 Å². The lowest BCUT2D eigenvalue weighted by Crippen LogP contribution is -2.50. The summed E-state index contributed by atoms with van der Waals surface area (Å²) in [5, 5.41) is 13.8. The Hall–Kier alpha value is -4.57. The number of aromatic nitrogens is 1. The van der Waals surface area contributed by atoms with Crippen molar-refractivity contribution in [2.75, 3.05) is 39.2 Å². The second-order valence-electron chi connectivity index (χ2n) is 10.4. The van der Waals surface area contributed by atoms with E-state index in [1.807, 2.05) is 37.3 Å². The maximum Gasteiger partial charge on any atom is 0.321 e. The van der Waals surface area contributed by atoms with Gasteiger partial charge >= 0.3 is 6.03 Å².